The average molecular weight is 140 g/mol. The van der Waals surface area contributed by atoms with Gasteiger partial charge in [-0.05, 0) is 5.04 Å². The van der Waals surface area contributed by atoms with Crippen LogP contribution in [-0.4, -0.2) is 8.80 Å². The van der Waals surface area contributed by atoms with Gasteiger partial charge in [-0.15, -0.1) is 24.6 Å². The highest BCUT2D eigenvalue weighted by molar-refractivity contribution is 6.71. The van der Waals surface area contributed by atoms with Gasteiger partial charge in [0.1, 0.15) is 0 Å². The molecule has 0 aromatic rings. The van der Waals surface area contributed by atoms with Crippen molar-refractivity contribution in [3.63, 3.8) is 0 Å². The molecule has 0 fully saturated rings. The maximum atomic E-state index is 3.79. The zero-order valence-electron chi connectivity index (χ0n) is 6.65. The quantitative estimate of drug-likeness (QED) is 0.517. The summed E-state index contributed by atoms with van der Waals surface area (Å²) in [4.78, 5) is 0. The summed E-state index contributed by atoms with van der Waals surface area (Å²) in [6, 6.07) is 0. The number of rotatable bonds is 2. The molecule has 0 heterocycles. The van der Waals surface area contributed by atoms with Crippen LogP contribution in [0, 0.1) is 0 Å². The third kappa shape index (κ3) is 2.66. The smallest absolute Gasteiger partial charge is 0.0892 e. The summed E-state index contributed by atoms with van der Waals surface area (Å²) in [5.41, 5.74) is 4.15. The van der Waals surface area contributed by atoms with Gasteiger partial charge in [0.15, 0.2) is 0 Å². The van der Waals surface area contributed by atoms with Crippen molar-refractivity contribution < 1.29 is 0 Å². The highest BCUT2D eigenvalue weighted by atomic mass is 28.3. The molecule has 1 heteroatoms. The summed E-state index contributed by atoms with van der Waals surface area (Å²) < 4.78 is 0. The molecule has 0 rings (SSSR count). The molecule has 0 saturated heterocycles. The van der Waals surface area contributed by atoms with Gasteiger partial charge in [0.25, 0.3) is 0 Å². The molecular formula is C8H16Si. The lowest BCUT2D eigenvalue weighted by atomic mass is 10.2. The van der Waals surface area contributed by atoms with Crippen molar-refractivity contribution in [2.75, 3.05) is 0 Å². The fraction of sp³-hybridized carbons (Fsp3) is 0.500. The van der Waals surface area contributed by atoms with Crippen LogP contribution >= 0.6 is 0 Å². The van der Waals surface area contributed by atoms with Crippen molar-refractivity contribution in [2.24, 2.45) is 0 Å². The second-order valence-electron chi connectivity index (χ2n) is 3.36. The van der Waals surface area contributed by atoms with E-state index in [9.17, 15) is 0 Å². The van der Waals surface area contributed by atoms with Gasteiger partial charge in [-0.1, -0.05) is 20.8 Å². The summed E-state index contributed by atoms with van der Waals surface area (Å²) in [5.74, 6) is 0. The van der Waals surface area contributed by atoms with Crippen molar-refractivity contribution in [2.45, 2.75) is 25.8 Å². The second kappa shape index (κ2) is 3.02. The monoisotopic (exact) mass is 140 g/mol. The Bertz CT molecular complexity index is 100. The van der Waals surface area contributed by atoms with Gasteiger partial charge >= 0.3 is 0 Å². The molecule has 0 unspecified atom stereocenters. The van der Waals surface area contributed by atoms with Crippen LogP contribution in [0.5, 0.6) is 0 Å². The van der Waals surface area contributed by atoms with E-state index in [0.717, 1.165) is 0 Å². The molecule has 0 amide bonds. The first-order valence-corrected chi connectivity index (χ1v) is 5.18. The SMILES string of the molecule is C=C[SiH](C=C)C(C)(C)C. The summed E-state index contributed by atoms with van der Waals surface area (Å²) in [6.45, 7) is 14.3. The molecule has 0 spiro atoms. The van der Waals surface area contributed by atoms with Crippen molar-refractivity contribution in [3.8, 4) is 0 Å². The highest BCUT2D eigenvalue weighted by Crippen LogP contribution is 2.27. The average Bonchev–Trinajstić information content (AvgIpc) is 1.65. The standard InChI is InChI=1S/C8H16Si/c1-6-9(7-2)8(3,4)5/h6-7,9H,1-2H2,3-5H3. The maximum absolute atomic E-state index is 3.79. The Kier molecular flexibility index (Phi) is 2.92. The summed E-state index contributed by atoms with van der Waals surface area (Å²) >= 11 is 0. The molecule has 0 saturated carbocycles. The molecule has 0 aromatic heterocycles. The van der Waals surface area contributed by atoms with Gasteiger partial charge in [-0.3, -0.25) is 0 Å². The molecule has 0 N–H and O–H groups in total. The topological polar surface area (TPSA) is 0 Å². The van der Waals surface area contributed by atoms with Crippen LogP contribution in [0.3, 0.4) is 0 Å². The van der Waals surface area contributed by atoms with E-state index >= 15 is 0 Å². The minimum absolute atomic E-state index is 0.420. The predicted molar refractivity (Wildman–Crippen MR) is 47.3 cm³/mol. The normalized spacial score (nSPS) is 11.6. The molecule has 0 aliphatic heterocycles. The maximum Gasteiger partial charge on any atom is 0.0892 e. The van der Waals surface area contributed by atoms with E-state index in [1.54, 1.807) is 0 Å². The Labute approximate surface area is 59.9 Å². The molecule has 0 radical (unpaired) electrons. The minimum atomic E-state index is -0.853. The van der Waals surface area contributed by atoms with Gasteiger partial charge in [-0.25, -0.2) is 0 Å². The first kappa shape index (κ1) is 8.70. The third-order valence-electron chi connectivity index (χ3n) is 1.51. The molecule has 0 aliphatic carbocycles. The summed E-state index contributed by atoms with van der Waals surface area (Å²) in [7, 11) is -0.853. The number of hydrogen-bond acceptors (Lipinski definition) is 0. The van der Waals surface area contributed by atoms with Crippen molar-refractivity contribution in [1.82, 2.24) is 0 Å². The van der Waals surface area contributed by atoms with Crippen LogP contribution < -0.4 is 0 Å². The van der Waals surface area contributed by atoms with Crippen LogP contribution in [0.1, 0.15) is 20.8 Å². The Hall–Kier alpha value is -0.303. The molecule has 0 bridgehead atoms. The van der Waals surface area contributed by atoms with Crippen LogP contribution in [0.2, 0.25) is 5.04 Å². The molecule has 0 aromatic carbocycles. The van der Waals surface area contributed by atoms with Crippen molar-refractivity contribution in [3.05, 3.63) is 24.6 Å². The van der Waals surface area contributed by atoms with E-state index in [1.807, 2.05) is 0 Å². The molecule has 9 heavy (non-hydrogen) atoms. The first-order valence-electron chi connectivity index (χ1n) is 3.27. The zero-order valence-corrected chi connectivity index (χ0v) is 7.80. The molecule has 0 atom stereocenters. The van der Waals surface area contributed by atoms with Crippen LogP contribution in [-0.2, 0) is 0 Å². The molecular weight excluding hydrogens is 124 g/mol. The number of hydrogen-bond donors (Lipinski definition) is 0. The van der Waals surface area contributed by atoms with Gasteiger partial charge in [0.05, 0.1) is 8.80 Å². The Balaban J connectivity index is 4.11. The Morgan fingerprint density at radius 2 is 1.44 bits per heavy atom. The molecule has 0 nitrogen and oxygen atoms in total. The van der Waals surface area contributed by atoms with E-state index in [2.05, 4.69) is 45.3 Å². The predicted octanol–water partition coefficient (Wildman–Crippen LogP) is 2.46. The third-order valence-corrected chi connectivity index (χ3v) is 4.52. The van der Waals surface area contributed by atoms with Gasteiger partial charge < -0.3 is 0 Å². The summed E-state index contributed by atoms with van der Waals surface area (Å²) in [6.07, 6.45) is 0. The Morgan fingerprint density at radius 1 is 1.11 bits per heavy atom. The second-order valence-corrected chi connectivity index (χ2v) is 7.09. The Morgan fingerprint density at radius 3 is 1.44 bits per heavy atom. The van der Waals surface area contributed by atoms with E-state index < -0.39 is 8.80 Å². The van der Waals surface area contributed by atoms with Crippen LogP contribution in [0.25, 0.3) is 0 Å². The van der Waals surface area contributed by atoms with E-state index in [-0.39, 0.29) is 0 Å². The zero-order chi connectivity index (χ0) is 7.49. The highest BCUT2D eigenvalue weighted by Gasteiger charge is 2.19. The van der Waals surface area contributed by atoms with Crippen molar-refractivity contribution >= 4 is 8.80 Å². The van der Waals surface area contributed by atoms with Crippen LogP contribution in [0.15, 0.2) is 24.6 Å². The fourth-order valence-electron chi connectivity index (χ4n) is 0.803. The van der Waals surface area contributed by atoms with E-state index in [1.165, 1.54) is 0 Å². The largest absolute Gasteiger partial charge is 0.107 e. The lowest BCUT2D eigenvalue weighted by Crippen LogP contribution is -2.20. The van der Waals surface area contributed by atoms with Crippen molar-refractivity contribution in [1.29, 1.82) is 0 Å². The summed E-state index contributed by atoms with van der Waals surface area (Å²) in [5, 5.41) is 0.420. The van der Waals surface area contributed by atoms with E-state index in [4.69, 9.17) is 0 Å². The van der Waals surface area contributed by atoms with E-state index in [0.29, 0.717) is 5.04 Å². The lowest BCUT2D eigenvalue weighted by Gasteiger charge is -2.22. The van der Waals surface area contributed by atoms with Gasteiger partial charge in [-0.2, -0.15) is 0 Å². The van der Waals surface area contributed by atoms with Gasteiger partial charge in [0.2, 0.25) is 0 Å². The van der Waals surface area contributed by atoms with Gasteiger partial charge in [0, 0.05) is 0 Å². The lowest BCUT2D eigenvalue weighted by molar-refractivity contribution is 0.749. The first-order chi connectivity index (χ1) is 4.02. The molecule has 0 aliphatic rings. The minimum Gasteiger partial charge on any atom is -0.107 e. The molecule has 52 valence electrons. The van der Waals surface area contributed by atoms with Crippen LogP contribution in [0.4, 0.5) is 0 Å². The fourth-order valence-corrected chi connectivity index (χ4v) is 2.41.